The first-order valence-electron chi connectivity index (χ1n) is 8.30. The van der Waals surface area contributed by atoms with E-state index in [0.29, 0.717) is 17.4 Å². The zero-order valence-electron chi connectivity index (χ0n) is 15.3. The lowest BCUT2D eigenvalue weighted by atomic mass is 10.0. The van der Waals surface area contributed by atoms with Gasteiger partial charge in [-0.25, -0.2) is 4.79 Å². The van der Waals surface area contributed by atoms with Crippen molar-refractivity contribution in [2.24, 2.45) is 0 Å². The summed E-state index contributed by atoms with van der Waals surface area (Å²) in [5.41, 5.74) is 1.72. The van der Waals surface area contributed by atoms with E-state index in [1.165, 1.54) is 32.2 Å². The lowest BCUT2D eigenvalue weighted by molar-refractivity contribution is -0.123. The van der Waals surface area contributed by atoms with Crippen molar-refractivity contribution in [3.8, 4) is 11.5 Å². The van der Waals surface area contributed by atoms with Crippen molar-refractivity contribution in [1.82, 2.24) is 0 Å². The quantitative estimate of drug-likeness (QED) is 0.770. The molecule has 1 unspecified atom stereocenters. The Balaban J connectivity index is 2.01. The predicted octanol–water partition coefficient (Wildman–Crippen LogP) is 3.71. The van der Waals surface area contributed by atoms with E-state index in [1.807, 2.05) is 12.1 Å². The van der Waals surface area contributed by atoms with Crippen molar-refractivity contribution in [1.29, 1.82) is 0 Å². The van der Waals surface area contributed by atoms with E-state index < -0.39 is 18.0 Å². The molecule has 6 nitrogen and oxygen atoms in total. The fraction of sp³-hybridized carbons (Fsp3) is 0.300. The summed E-state index contributed by atoms with van der Waals surface area (Å²) in [6, 6.07) is 11.7. The van der Waals surface area contributed by atoms with E-state index in [9.17, 15) is 14.7 Å². The van der Waals surface area contributed by atoms with Crippen molar-refractivity contribution < 1.29 is 24.2 Å². The van der Waals surface area contributed by atoms with E-state index in [2.05, 4.69) is 19.2 Å². The number of amides is 1. The molecule has 0 heterocycles. The van der Waals surface area contributed by atoms with Gasteiger partial charge in [0.25, 0.3) is 5.91 Å². The Bertz CT molecular complexity index is 783. The first-order valence-corrected chi connectivity index (χ1v) is 8.30. The number of hydrogen-bond acceptors (Lipinski definition) is 5. The summed E-state index contributed by atoms with van der Waals surface area (Å²) in [6.45, 7) is 5.64. The molecule has 0 aliphatic carbocycles. The molecule has 2 N–H and O–H groups in total. The van der Waals surface area contributed by atoms with Crippen LogP contribution in [0.5, 0.6) is 11.5 Å². The number of rotatable bonds is 6. The number of ether oxygens (including phenoxy) is 2. The third kappa shape index (κ3) is 4.75. The Morgan fingerprint density at radius 1 is 1.04 bits per heavy atom. The second-order valence-corrected chi connectivity index (χ2v) is 6.20. The highest BCUT2D eigenvalue weighted by molar-refractivity contribution is 5.98. The minimum Gasteiger partial charge on any atom is -0.507 e. The Hall–Kier alpha value is -3.02. The van der Waals surface area contributed by atoms with Crippen LogP contribution in [-0.4, -0.2) is 30.2 Å². The van der Waals surface area contributed by atoms with Crippen LogP contribution in [0.4, 0.5) is 5.69 Å². The first kappa shape index (κ1) is 19.3. The number of esters is 1. The number of anilines is 1. The summed E-state index contributed by atoms with van der Waals surface area (Å²) in [4.78, 5) is 24.4. The molecule has 0 aromatic heterocycles. The summed E-state index contributed by atoms with van der Waals surface area (Å²) in [5, 5.41) is 12.5. The molecule has 1 amide bonds. The van der Waals surface area contributed by atoms with Crippen LogP contribution in [0.1, 0.15) is 42.6 Å². The molecule has 2 aromatic rings. The zero-order chi connectivity index (χ0) is 19.3. The number of carbonyl (C=O) groups is 2. The summed E-state index contributed by atoms with van der Waals surface area (Å²) in [5.74, 6) is -0.711. The van der Waals surface area contributed by atoms with Gasteiger partial charge in [0.05, 0.1) is 7.11 Å². The van der Waals surface area contributed by atoms with Crippen LogP contribution in [-0.2, 0) is 9.53 Å². The van der Waals surface area contributed by atoms with Crippen LogP contribution in [0, 0.1) is 0 Å². The van der Waals surface area contributed by atoms with Crippen LogP contribution >= 0.6 is 0 Å². The Morgan fingerprint density at radius 2 is 1.69 bits per heavy atom. The fourth-order valence-corrected chi connectivity index (χ4v) is 2.28. The summed E-state index contributed by atoms with van der Waals surface area (Å²) < 4.78 is 10.2. The summed E-state index contributed by atoms with van der Waals surface area (Å²) >= 11 is 0. The minimum absolute atomic E-state index is 0.0645. The Labute approximate surface area is 152 Å². The lowest BCUT2D eigenvalue weighted by Crippen LogP contribution is -2.30. The molecule has 2 rings (SSSR count). The number of methoxy groups -OCH3 is 1. The molecule has 0 radical (unpaired) electrons. The van der Waals surface area contributed by atoms with Gasteiger partial charge in [-0.2, -0.15) is 0 Å². The highest BCUT2D eigenvalue weighted by atomic mass is 16.5. The van der Waals surface area contributed by atoms with Gasteiger partial charge in [0.15, 0.2) is 6.10 Å². The topological polar surface area (TPSA) is 84.9 Å². The van der Waals surface area contributed by atoms with E-state index >= 15 is 0 Å². The molecule has 6 heteroatoms. The molecule has 0 saturated heterocycles. The monoisotopic (exact) mass is 357 g/mol. The molecule has 0 spiro atoms. The van der Waals surface area contributed by atoms with Gasteiger partial charge in [-0.05, 0) is 48.7 Å². The van der Waals surface area contributed by atoms with E-state index in [4.69, 9.17) is 9.47 Å². The molecular weight excluding hydrogens is 334 g/mol. The standard InChI is InChI=1S/C20H23NO5/c1-12(2)14-5-7-15(8-6-14)21-19(23)13(3)26-20(24)17-11-16(25-4)9-10-18(17)22/h5-13,22H,1-4H3,(H,21,23). The maximum atomic E-state index is 12.2. The minimum atomic E-state index is -1.03. The van der Waals surface area contributed by atoms with Gasteiger partial charge >= 0.3 is 5.97 Å². The first-order chi connectivity index (χ1) is 12.3. The third-order valence-electron chi connectivity index (χ3n) is 3.92. The van der Waals surface area contributed by atoms with Crippen molar-refractivity contribution in [2.75, 3.05) is 12.4 Å². The molecule has 26 heavy (non-hydrogen) atoms. The number of phenols is 1. The second-order valence-electron chi connectivity index (χ2n) is 6.20. The van der Waals surface area contributed by atoms with Crippen LogP contribution in [0.25, 0.3) is 0 Å². The van der Waals surface area contributed by atoms with Crippen LogP contribution in [0.3, 0.4) is 0 Å². The predicted molar refractivity (Wildman–Crippen MR) is 98.7 cm³/mol. The summed E-state index contributed by atoms with van der Waals surface area (Å²) in [7, 11) is 1.45. The van der Waals surface area contributed by atoms with Crippen molar-refractivity contribution in [3.05, 3.63) is 53.6 Å². The van der Waals surface area contributed by atoms with Crippen molar-refractivity contribution in [3.63, 3.8) is 0 Å². The number of hydrogen-bond donors (Lipinski definition) is 2. The van der Waals surface area contributed by atoms with E-state index in [1.54, 1.807) is 12.1 Å². The fourth-order valence-electron chi connectivity index (χ4n) is 2.28. The SMILES string of the molecule is COc1ccc(O)c(C(=O)OC(C)C(=O)Nc2ccc(C(C)C)cc2)c1. The average molecular weight is 357 g/mol. The molecule has 0 bridgehead atoms. The number of carbonyl (C=O) groups excluding carboxylic acids is 2. The van der Waals surface area contributed by atoms with Crippen LogP contribution in [0.2, 0.25) is 0 Å². The molecule has 0 fully saturated rings. The van der Waals surface area contributed by atoms with Crippen LogP contribution < -0.4 is 10.1 Å². The van der Waals surface area contributed by atoms with Crippen molar-refractivity contribution in [2.45, 2.75) is 32.8 Å². The van der Waals surface area contributed by atoms with Crippen molar-refractivity contribution >= 4 is 17.6 Å². The Kier molecular flexibility index (Phi) is 6.22. The van der Waals surface area contributed by atoms with Crippen LogP contribution in [0.15, 0.2) is 42.5 Å². The normalized spacial score (nSPS) is 11.7. The zero-order valence-corrected chi connectivity index (χ0v) is 15.3. The number of phenolic OH excluding ortho intramolecular Hbond substituents is 1. The average Bonchev–Trinajstić information content (AvgIpc) is 2.62. The van der Waals surface area contributed by atoms with Gasteiger partial charge in [0.2, 0.25) is 0 Å². The number of benzene rings is 2. The third-order valence-corrected chi connectivity index (χ3v) is 3.92. The highest BCUT2D eigenvalue weighted by Gasteiger charge is 2.21. The number of aromatic hydroxyl groups is 1. The van der Waals surface area contributed by atoms with Gasteiger partial charge in [0.1, 0.15) is 17.1 Å². The smallest absolute Gasteiger partial charge is 0.342 e. The molecule has 0 aliphatic rings. The van der Waals surface area contributed by atoms with E-state index in [0.717, 1.165) is 5.56 Å². The lowest BCUT2D eigenvalue weighted by Gasteiger charge is -2.15. The maximum Gasteiger partial charge on any atom is 0.342 e. The maximum absolute atomic E-state index is 12.2. The summed E-state index contributed by atoms with van der Waals surface area (Å²) in [6.07, 6.45) is -1.03. The molecule has 138 valence electrons. The molecule has 2 aromatic carbocycles. The van der Waals surface area contributed by atoms with Gasteiger partial charge < -0.3 is 19.9 Å². The highest BCUT2D eigenvalue weighted by Crippen LogP contribution is 2.24. The largest absolute Gasteiger partial charge is 0.507 e. The van der Waals surface area contributed by atoms with Gasteiger partial charge in [-0.3, -0.25) is 4.79 Å². The van der Waals surface area contributed by atoms with Gasteiger partial charge in [0, 0.05) is 5.69 Å². The van der Waals surface area contributed by atoms with Gasteiger partial charge in [-0.1, -0.05) is 26.0 Å². The molecule has 0 aliphatic heterocycles. The van der Waals surface area contributed by atoms with Gasteiger partial charge in [-0.15, -0.1) is 0 Å². The number of nitrogens with one attached hydrogen (secondary N) is 1. The molecule has 0 saturated carbocycles. The second kappa shape index (κ2) is 8.38. The molecular formula is C20H23NO5. The molecule has 1 atom stereocenters. The Morgan fingerprint density at radius 3 is 2.27 bits per heavy atom. The van der Waals surface area contributed by atoms with E-state index in [-0.39, 0.29) is 11.3 Å².